The first-order chi connectivity index (χ1) is 14.0. The Morgan fingerprint density at radius 1 is 0.724 bits per heavy atom. The molecule has 0 N–H and O–H groups in total. The lowest BCUT2D eigenvalue weighted by Crippen LogP contribution is -2.37. The minimum atomic E-state index is -1.75. The fraction of sp³-hybridized carbons (Fsp3) is 0.200. The molecule has 9 nitrogen and oxygen atoms in total. The van der Waals surface area contributed by atoms with E-state index in [0.717, 1.165) is 0 Å². The molecule has 2 aromatic rings. The number of benzene rings is 2. The van der Waals surface area contributed by atoms with Crippen molar-refractivity contribution in [3.8, 4) is 11.5 Å². The number of para-hydroxylation sites is 2. The molecule has 0 amide bonds. The Balaban J connectivity index is 1.80. The van der Waals surface area contributed by atoms with Gasteiger partial charge in [0.2, 0.25) is 12.2 Å². The van der Waals surface area contributed by atoms with E-state index in [1.807, 2.05) is 0 Å². The van der Waals surface area contributed by atoms with E-state index in [-0.39, 0.29) is 22.6 Å². The molecule has 0 unspecified atom stereocenters. The number of hydrogen-bond acceptors (Lipinski definition) is 9. The van der Waals surface area contributed by atoms with Gasteiger partial charge in [-0.2, -0.15) is 0 Å². The summed E-state index contributed by atoms with van der Waals surface area (Å²) < 4.78 is 24.8. The molecule has 1 aliphatic rings. The first-order valence-electron chi connectivity index (χ1n) is 8.39. The van der Waals surface area contributed by atoms with E-state index >= 15 is 0 Å². The first kappa shape index (κ1) is 19.9. The molecule has 0 radical (unpaired) electrons. The summed E-state index contributed by atoms with van der Waals surface area (Å²) in [6.45, 7) is 0. The molecule has 0 aromatic heterocycles. The van der Waals surface area contributed by atoms with Crippen LogP contribution in [0.15, 0.2) is 48.5 Å². The van der Waals surface area contributed by atoms with E-state index in [1.165, 1.54) is 38.5 Å². The number of ether oxygens (including phenoxy) is 5. The minimum Gasteiger partial charge on any atom is -0.496 e. The lowest BCUT2D eigenvalue weighted by molar-refractivity contribution is -0.155. The quantitative estimate of drug-likeness (QED) is 0.404. The highest BCUT2D eigenvalue weighted by Crippen LogP contribution is 2.25. The van der Waals surface area contributed by atoms with Crippen molar-refractivity contribution in [2.24, 2.45) is 0 Å². The van der Waals surface area contributed by atoms with Crippen LogP contribution in [0.5, 0.6) is 11.5 Å². The Bertz CT molecular complexity index is 888. The standard InChI is InChI=1S/C20H16O9/c1-25-13-9-5-3-7-11(13)17(21)27-15-16(20(24)29-19(15)23)28-18(22)12-8-4-6-10-14(12)26-2/h3-10,15-16H,1-2H3/t15-,16-/m1/s1. The Labute approximate surface area is 165 Å². The van der Waals surface area contributed by atoms with Gasteiger partial charge in [-0.1, -0.05) is 24.3 Å². The van der Waals surface area contributed by atoms with Crippen molar-refractivity contribution in [3.63, 3.8) is 0 Å². The van der Waals surface area contributed by atoms with Crippen molar-refractivity contribution in [3.05, 3.63) is 59.7 Å². The summed E-state index contributed by atoms with van der Waals surface area (Å²) in [5.41, 5.74) is 0.0499. The number of cyclic esters (lactones) is 2. The number of methoxy groups -OCH3 is 2. The average molecular weight is 400 g/mol. The second kappa shape index (κ2) is 8.42. The van der Waals surface area contributed by atoms with E-state index in [1.54, 1.807) is 24.3 Å². The van der Waals surface area contributed by atoms with Crippen LogP contribution in [0.4, 0.5) is 0 Å². The molecule has 29 heavy (non-hydrogen) atoms. The highest BCUT2D eigenvalue weighted by molar-refractivity contribution is 6.04. The number of esters is 4. The third-order valence-corrected chi connectivity index (χ3v) is 4.06. The van der Waals surface area contributed by atoms with Crippen LogP contribution < -0.4 is 9.47 Å². The molecule has 9 heteroatoms. The molecule has 0 aliphatic carbocycles. The largest absolute Gasteiger partial charge is 0.496 e. The lowest BCUT2D eigenvalue weighted by atomic mass is 10.2. The van der Waals surface area contributed by atoms with E-state index in [4.69, 9.17) is 18.9 Å². The third kappa shape index (κ3) is 4.03. The molecule has 2 aromatic carbocycles. The number of carbonyl (C=O) groups excluding carboxylic acids is 4. The van der Waals surface area contributed by atoms with Gasteiger partial charge in [0.1, 0.15) is 22.6 Å². The fourth-order valence-corrected chi connectivity index (χ4v) is 2.67. The van der Waals surface area contributed by atoms with Crippen LogP contribution in [0, 0.1) is 0 Å². The van der Waals surface area contributed by atoms with Gasteiger partial charge >= 0.3 is 23.9 Å². The molecule has 0 spiro atoms. The lowest BCUT2D eigenvalue weighted by Gasteiger charge is -2.17. The van der Waals surface area contributed by atoms with Crippen molar-refractivity contribution < 1.29 is 42.9 Å². The average Bonchev–Trinajstić information content (AvgIpc) is 3.00. The first-order valence-corrected chi connectivity index (χ1v) is 8.39. The summed E-state index contributed by atoms with van der Waals surface area (Å²) in [7, 11) is 2.72. The maximum atomic E-state index is 12.5. The van der Waals surface area contributed by atoms with E-state index in [0.29, 0.717) is 0 Å². The van der Waals surface area contributed by atoms with Crippen LogP contribution in [0.1, 0.15) is 20.7 Å². The third-order valence-electron chi connectivity index (χ3n) is 4.06. The highest BCUT2D eigenvalue weighted by atomic mass is 16.7. The SMILES string of the molecule is COc1ccccc1C(=O)O[C@H]1C(=O)OC(=O)[C@@H]1OC(=O)c1ccccc1OC. The monoisotopic (exact) mass is 400 g/mol. The van der Waals surface area contributed by atoms with Gasteiger partial charge in [0.05, 0.1) is 14.2 Å². The Morgan fingerprint density at radius 3 is 1.48 bits per heavy atom. The van der Waals surface area contributed by atoms with Crippen molar-refractivity contribution in [2.75, 3.05) is 14.2 Å². The summed E-state index contributed by atoms with van der Waals surface area (Å²) in [5.74, 6) is -3.77. The van der Waals surface area contributed by atoms with Crippen LogP contribution in [-0.2, 0) is 23.8 Å². The van der Waals surface area contributed by atoms with Gasteiger partial charge in [0.15, 0.2) is 0 Å². The summed E-state index contributed by atoms with van der Waals surface area (Å²) in [5, 5.41) is 0. The summed E-state index contributed by atoms with van der Waals surface area (Å²) in [4.78, 5) is 48.9. The number of carbonyl (C=O) groups is 4. The van der Waals surface area contributed by atoms with Crippen LogP contribution in [0.2, 0.25) is 0 Å². The molecule has 1 heterocycles. The normalized spacial score (nSPS) is 18.0. The second-order valence-corrected chi connectivity index (χ2v) is 5.79. The van der Waals surface area contributed by atoms with Gasteiger partial charge in [0.25, 0.3) is 0 Å². The van der Waals surface area contributed by atoms with Crippen molar-refractivity contribution in [1.29, 1.82) is 0 Å². The predicted molar refractivity (Wildman–Crippen MR) is 95.5 cm³/mol. The van der Waals surface area contributed by atoms with Crippen LogP contribution in [0.3, 0.4) is 0 Å². The van der Waals surface area contributed by atoms with Crippen molar-refractivity contribution in [1.82, 2.24) is 0 Å². The van der Waals surface area contributed by atoms with E-state index < -0.39 is 36.1 Å². The van der Waals surface area contributed by atoms with Gasteiger partial charge in [-0.15, -0.1) is 0 Å². The van der Waals surface area contributed by atoms with Crippen molar-refractivity contribution >= 4 is 23.9 Å². The maximum absolute atomic E-state index is 12.5. The van der Waals surface area contributed by atoms with E-state index in [9.17, 15) is 19.2 Å². The summed E-state index contributed by atoms with van der Waals surface area (Å²) in [6, 6.07) is 12.3. The van der Waals surface area contributed by atoms with Gasteiger partial charge in [0, 0.05) is 0 Å². The Morgan fingerprint density at radius 2 is 1.10 bits per heavy atom. The zero-order valence-electron chi connectivity index (χ0n) is 15.4. The molecule has 1 aliphatic heterocycles. The van der Waals surface area contributed by atoms with Crippen LogP contribution >= 0.6 is 0 Å². The second-order valence-electron chi connectivity index (χ2n) is 5.79. The van der Waals surface area contributed by atoms with Crippen molar-refractivity contribution in [2.45, 2.75) is 12.2 Å². The molecular weight excluding hydrogens is 384 g/mol. The van der Waals surface area contributed by atoms with Crippen LogP contribution in [-0.4, -0.2) is 50.3 Å². The molecule has 3 rings (SSSR count). The molecule has 0 bridgehead atoms. The highest BCUT2D eigenvalue weighted by Gasteiger charge is 2.50. The summed E-state index contributed by atoms with van der Waals surface area (Å²) >= 11 is 0. The number of rotatable bonds is 6. The molecule has 2 atom stereocenters. The van der Waals surface area contributed by atoms with E-state index in [2.05, 4.69) is 4.74 Å². The Kier molecular flexibility index (Phi) is 5.77. The molecular formula is C20H16O9. The zero-order valence-corrected chi connectivity index (χ0v) is 15.4. The van der Waals surface area contributed by atoms with Gasteiger partial charge in [-0.3, -0.25) is 0 Å². The van der Waals surface area contributed by atoms with Gasteiger partial charge in [-0.05, 0) is 24.3 Å². The van der Waals surface area contributed by atoms with Gasteiger partial charge in [-0.25, -0.2) is 19.2 Å². The maximum Gasteiger partial charge on any atom is 0.359 e. The molecule has 150 valence electrons. The minimum absolute atomic E-state index is 0.0250. The van der Waals surface area contributed by atoms with Crippen LogP contribution in [0.25, 0.3) is 0 Å². The number of hydrogen-bond donors (Lipinski definition) is 0. The predicted octanol–water partition coefficient (Wildman–Crippen LogP) is 1.54. The topological polar surface area (TPSA) is 114 Å². The molecule has 1 saturated heterocycles. The van der Waals surface area contributed by atoms with Gasteiger partial charge < -0.3 is 23.7 Å². The Hall–Kier alpha value is -3.88. The summed E-state index contributed by atoms with van der Waals surface area (Å²) in [6.07, 6.45) is -3.50. The fourth-order valence-electron chi connectivity index (χ4n) is 2.67. The molecule has 1 fully saturated rings. The molecule has 0 saturated carbocycles. The zero-order chi connectivity index (χ0) is 21.0. The smallest absolute Gasteiger partial charge is 0.359 e.